The van der Waals surface area contributed by atoms with E-state index in [9.17, 15) is 4.79 Å². The van der Waals surface area contributed by atoms with Crippen LogP contribution in [0.2, 0.25) is 0 Å². The molecule has 0 aliphatic carbocycles. The number of aliphatic imine (C=N–C) groups is 1. The van der Waals surface area contributed by atoms with Crippen LogP contribution in [0.15, 0.2) is 126 Å². The van der Waals surface area contributed by atoms with E-state index in [0.717, 1.165) is 70.9 Å². The summed E-state index contributed by atoms with van der Waals surface area (Å²) in [7, 11) is 4.28. The molecule has 0 spiro atoms. The monoisotopic (exact) mass is 765 g/mol. The first-order chi connectivity index (χ1) is 27.4. The van der Waals surface area contributed by atoms with Crippen LogP contribution in [-0.2, 0) is 35.6 Å². The number of anilines is 3. The van der Waals surface area contributed by atoms with Crippen molar-refractivity contribution in [2.75, 3.05) is 35.8 Å². The molecule has 0 saturated heterocycles. The number of nitrogens with one attached hydrogen (secondary N) is 2. The Morgan fingerprint density at radius 3 is 2.28 bits per heavy atom. The number of hydrogen-bond donors (Lipinski definition) is 2. The van der Waals surface area contributed by atoms with E-state index in [-0.39, 0.29) is 17.4 Å². The molecule has 298 valence electrons. The second kappa shape index (κ2) is 18.5. The number of aryl methyl sites for hydroxylation is 1. The number of fused-ring (bicyclic) bond motifs is 2. The van der Waals surface area contributed by atoms with E-state index in [1.807, 2.05) is 55.6 Å². The summed E-state index contributed by atoms with van der Waals surface area (Å²) < 4.78 is 12.4. The van der Waals surface area contributed by atoms with Crippen molar-refractivity contribution in [2.45, 2.75) is 85.6 Å². The fraction of sp³-hybridized carbons (Fsp3) is 0.347. The van der Waals surface area contributed by atoms with E-state index in [1.165, 1.54) is 22.5 Å². The van der Waals surface area contributed by atoms with Crippen LogP contribution in [0.25, 0.3) is 0 Å². The van der Waals surface area contributed by atoms with Gasteiger partial charge in [0.05, 0.1) is 24.0 Å². The van der Waals surface area contributed by atoms with E-state index in [2.05, 4.69) is 123 Å². The van der Waals surface area contributed by atoms with E-state index < -0.39 is 0 Å². The minimum atomic E-state index is -0.00954. The third-order valence-corrected chi connectivity index (χ3v) is 10.9. The van der Waals surface area contributed by atoms with Gasteiger partial charge in [0.25, 0.3) is 0 Å². The largest absolute Gasteiger partial charge is 0.497 e. The highest BCUT2D eigenvalue weighted by Crippen LogP contribution is 2.32. The third-order valence-electron chi connectivity index (χ3n) is 10.9. The molecular formula is C49H59N5O3. The van der Waals surface area contributed by atoms with Crippen LogP contribution in [0.3, 0.4) is 0 Å². The zero-order valence-corrected chi connectivity index (χ0v) is 34.8. The SMILES string of the molecule is C=C/C(NCC1Cc2ccccc2N1C)=C(C)\C=C/OCc1cc(COc2ccc(C)c(N=C[C@@H]3Cc4ccccc4N3C)c2)cc(NC(=O)CCC(C)(C)C)c1. The maximum atomic E-state index is 13.0. The summed E-state index contributed by atoms with van der Waals surface area (Å²) in [5, 5.41) is 6.72. The van der Waals surface area contributed by atoms with Crippen molar-refractivity contribution in [3.63, 3.8) is 0 Å². The summed E-state index contributed by atoms with van der Waals surface area (Å²) in [6.45, 7) is 16.1. The molecule has 8 heteroatoms. The van der Waals surface area contributed by atoms with Crippen LogP contribution >= 0.6 is 0 Å². The number of amides is 1. The topological polar surface area (TPSA) is 78.4 Å². The molecule has 2 heterocycles. The average molecular weight is 766 g/mol. The Kier molecular flexibility index (Phi) is 13.2. The summed E-state index contributed by atoms with van der Waals surface area (Å²) >= 11 is 0. The average Bonchev–Trinajstić information content (AvgIpc) is 3.69. The number of allylic oxidation sites excluding steroid dienone is 3. The van der Waals surface area contributed by atoms with Gasteiger partial charge in [-0.15, -0.1) is 0 Å². The number of benzene rings is 4. The molecule has 2 aliphatic rings. The molecule has 8 nitrogen and oxygen atoms in total. The van der Waals surface area contributed by atoms with Gasteiger partial charge in [-0.2, -0.15) is 0 Å². The molecule has 0 fully saturated rings. The van der Waals surface area contributed by atoms with Crippen molar-refractivity contribution in [3.8, 4) is 5.75 Å². The van der Waals surface area contributed by atoms with Crippen LogP contribution in [0.5, 0.6) is 5.75 Å². The van der Waals surface area contributed by atoms with E-state index >= 15 is 0 Å². The van der Waals surface area contributed by atoms with Gasteiger partial charge in [0, 0.05) is 62.1 Å². The van der Waals surface area contributed by atoms with Crippen LogP contribution in [0.1, 0.15) is 68.4 Å². The minimum Gasteiger partial charge on any atom is -0.497 e. The van der Waals surface area contributed by atoms with Gasteiger partial charge in [-0.1, -0.05) is 69.8 Å². The Balaban J connectivity index is 1.10. The Bertz CT molecular complexity index is 2140. The first-order valence-corrected chi connectivity index (χ1v) is 20.0. The van der Waals surface area contributed by atoms with Gasteiger partial charge in [0.1, 0.15) is 19.0 Å². The van der Waals surface area contributed by atoms with Crippen molar-refractivity contribution >= 4 is 34.9 Å². The lowest BCUT2D eigenvalue weighted by molar-refractivity contribution is -0.116. The van der Waals surface area contributed by atoms with E-state index in [0.29, 0.717) is 25.7 Å². The number of nitrogens with zero attached hydrogens (tertiary/aromatic N) is 3. The zero-order chi connectivity index (χ0) is 40.5. The first-order valence-electron chi connectivity index (χ1n) is 20.0. The molecule has 1 unspecified atom stereocenters. The van der Waals surface area contributed by atoms with Crippen LogP contribution < -0.4 is 25.2 Å². The smallest absolute Gasteiger partial charge is 0.224 e. The standard InChI is InChI=1S/C49H59N5O3/c1-9-44(50-30-41-27-38-14-10-12-16-46(38)53(41)7)35(3)21-23-56-32-36-24-37(26-40(25-36)52-48(55)20-22-49(4,5)6)33-57-43-19-18-34(2)45(29-43)51-31-42-28-39-15-11-13-17-47(39)54(42)8/h9-19,21,23-26,29,31,41-42,50H,1,20,22,27-28,30,32-33H2,2-8H3,(H,52,55)/b23-21-,44-35+,51-31?/t41?,42-/m0/s1. The molecular weight excluding hydrogens is 707 g/mol. The highest BCUT2D eigenvalue weighted by atomic mass is 16.5. The van der Waals surface area contributed by atoms with Crippen molar-refractivity contribution in [3.05, 3.63) is 149 Å². The minimum absolute atomic E-state index is 0.00954. The van der Waals surface area contributed by atoms with Gasteiger partial charge < -0.3 is 29.9 Å². The van der Waals surface area contributed by atoms with Crippen LogP contribution in [0, 0.1) is 12.3 Å². The lowest BCUT2D eigenvalue weighted by atomic mass is 9.90. The number of para-hydroxylation sites is 2. The molecule has 6 rings (SSSR count). The molecule has 2 aliphatic heterocycles. The number of carbonyl (C=O) groups is 1. The molecule has 0 bridgehead atoms. The molecule has 2 N–H and O–H groups in total. The van der Waals surface area contributed by atoms with Gasteiger partial charge in [-0.3, -0.25) is 9.79 Å². The van der Waals surface area contributed by atoms with Gasteiger partial charge in [0.15, 0.2) is 0 Å². The number of rotatable bonds is 16. The summed E-state index contributed by atoms with van der Waals surface area (Å²) in [5.41, 5.74) is 11.9. The third kappa shape index (κ3) is 11.0. The van der Waals surface area contributed by atoms with Gasteiger partial charge in [0.2, 0.25) is 5.91 Å². The molecule has 4 aromatic carbocycles. The fourth-order valence-electron chi connectivity index (χ4n) is 7.39. The van der Waals surface area contributed by atoms with Crippen molar-refractivity contribution in [2.24, 2.45) is 10.4 Å². The Labute approximate surface area is 340 Å². The predicted octanol–water partition coefficient (Wildman–Crippen LogP) is 10.2. The molecule has 0 saturated carbocycles. The second-order valence-electron chi connectivity index (χ2n) is 16.6. The van der Waals surface area contributed by atoms with Gasteiger partial charge >= 0.3 is 0 Å². The summed E-state index contributed by atoms with van der Waals surface area (Å²) in [5.74, 6) is 0.721. The quantitative estimate of drug-likeness (QED) is 0.0672. The van der Waals surface area contributed by atoms with Crippen LogP contribution in [-0.4, -0.2) is 44.8 Å². The number of hydrogen-bond acceptors (Lipinski definition) is 7. The van der Waals surface area contributed by atoms with E-state index in [4.69, 9.17) is 14.5 Å². The maximum absolute atomic E-state index is 13.0. The summed E-state index contributed by atoms with van der Waals surface area (Å²) in [4.78, 5) is 22.5. The molecule has 0 radical (unpaired) electrons. The van der Waals surface area contributed by atoms with Gasteiger partial charge in [-0.05, 0) is 120 Å². The molecule has 1 amide bonds. The summed E-state index contributed by atoms with van der Waals surface area (Å²) in [6, 6.07) is 29.7. The highest BCUT2D eigenvalue weighted by molar-refractivity contribution is 5.91. The Morgan fingerprint density at radius 2 is 1.60 bits per heavy atom. The summed E-state index contributed by atoms with van der Waals surface area (Å²) in [6.07, 6.45) is 10.8. The molecule has 0 aromatic heterocycles. The first kappa shape index (κ1) is 40.9. The molecule has 2 atom stereocenters. The maximum Gasteiger partial charge on any atom is 0.224 e. The zero-order valence-electron chi connectivity index (χ0n) is 34.8. The number of likely N-dealkylation sites (N-methyl/N-ethyl adjacent to an activating group) is 2. The number of ether oxygens (including phenoxy) is 2. The molecule has 57 heavy (non-hydrogen) atoms. The van der Waals surface area contributed by atoms with E-state index in [1.54, 1.807) is 6.26 Å². The highest BCUT2D eigenvalue weighted by Gasteiger charge is 2.26. The Hall–Kier alpha value is -5.76. The van der Waals surface area contributed by atoms with Crippen molar-refractivity contribution in [1.29, 1.82) is 0 Å². The fourth-order valence-corrected chi connectivity index (χ4v) is 7.39. The van der Waals surface area contributed by atoms with Crippen molar-refractivity contribution in [1.82, 2.24) is 5.32 Å². The van der Waals surface area contributed by atoms with Crippen LogP contribution in [0.4, 0.5) is 22.7 Å². The van der Waals surface area contributed by atoms with Crippen molar-refractivity contribution < 1.29 is 14.3 Å². The predicted molar refractivity (Wildman–Crippen MR) is 237 cm³/mol. The molecule has 4 aromatic rings. The second-order valence-corrected chi connectivity index (χ2v) is 16.6. The lowest BCUT2D eigenvalue weighted by Gasteiger charge is -2.24. The lowest BCUT2D eigenvalue weighted by Crippen LogP contribution is -2.37. The van der Waals surface area contributed by atoms with Gasteiger partial charge in [-0.25, -0.2) is 0 Å². The normalized spacial score (nSPS) is 16.8. The Morgan fingerprint density at radius 1 is 0.912 bits per heavy atom. The number of carbonyl (C=O) groups excluding carboxylic acids is 1.